The molecule has 2 N–H and O–H groups in total. The zero-order valence-corrected chi connectivity index (χ0v) is 23.4. The smallest absolute Gasteiger partial charge is 0.254 e. The van der Waals surface area contributed by atoms with Crippen LogP contribution in [0.2, 0.25) is 0 Å². The summed E-state index contributed by atoms with van der Waals surface area (Å²) in [5.41, 5.74) is 0.00173. The highest BCUT2D eigenvalue weighted by Crippen LogP contribution is 2.26. The van der Waals surface area contributed by atoms with Crippen molar-refractivity contribution in [2.24, 2.45) is 0 Å². The van der Waals surface area contributed by atoms with Gasteiger partial charge in [0, 0.05) is 38.7 Å². The number of carbonyl (C=O) groups excluding carboxylic acids is 3. The molecule has 41 heavy (non-hydrogen) atoms. The second kappa shape index (κ2) is 12.3. The summed E-state index contributed by atoms with van der Waals surface area (Å²) in [6, 6.07) is 11.4. The van der Waals surface area contributed by atoms with Crippen molar-refractivity contribution in [2.45, 2.75) is 45.8 Å². The Balaban J connectivity index is 1.35. The molecule has 12 heteroatoms. The number of aromatic nitrogens is 2. The topological polar surface area (TPSA) is 131 Å². The van der Waals surface area contributed by atoms with E-state index in [9.17, 15) is 24.0 Å². The number of benzene rings is 1. The largest absolute Gasteiger partial charge is 0.618 e. The lowest BCUT2D eigenvalue weighted by Crippen LogP contribution is -2.63. The normalized spacial score (nSPS) is 15.6. The molecule has 0 spiro atoms. The van der Waals surface area contributed by atoms with Gasteiger partial charge in [-0.1, -0.05) is 0 Å². The van der Waals surface area contributed by atoms with Crippen molar-refractivity contribution in [2.75, 3.05) is 25.0 Å². The number of pyridine rings is 2. The van der Waals surface area contributed by atoms with Crippen molar-refractivity contribution in [1.29, 1.82) is 0 Å². The summed E-state index contributed by atoms with van der Waals surface area (Å²) in [4.78, 5) is 45.7. The van der Waals surface area contributed by atoms with E-state index in [2.05, 4.69) is 15.6 Å². The van der Waals surface area contributed by atoms with Crippen LogP contribution >= 0.6 is 0 Å². The summed E-state index contributed by atoms with van der Waals surface area (Å²) < 4.78 is 19.3. The standard InChI is InChI=1S/C29H33FN6O5/c1-19(27(38)33-26-10-9-25(17-32-26)41-24-7-5-22(30)6-8-24)34-13-14-35(29(3,4)18-34)28(39)21-11-12-36(40)23(15-21)16-31-20(2)37/h5-12,15,17,19H,13-14,16,18H2,1-4H3,(H,31,37)(H,32,33,38)/t19-/m0/s1. The molecule has 0 unspecified atom stereocenters. The number of ether oxygens (including phenoxy) is 1. The van der Waals surface area contributed by atoms with E-state index in [0.29, 0.717) is 47.2 Å². The van der Waals surface area contributed by atoms with Crippen LogP contribution in [0.1, 0.15) is 43.7 Å². The monoisotopic (exact) mass is 564 g/mol. The van der Waals surface area contributed by atoms with E-state index in [1.165, 1.54) is 55.7 Å². The van der Waals surface area contributed by atoms with Gasteiger partial charge in [-0.25, -0.2) is 9.37 Å². The first-order valence-electron chi connectivity index (χ1n) is 13.2. The van der Waals surface area contributed by atoms with E-state index >= 15 is 0 Å². The fourth-order valence-corrected chi connectivity index (χ4v) is 4.62. The number of anilines is 1. The van der Waals surface area contributed by atoms with E-state index in [4.69, 9.17) is 4.74 Å². The van der Waals surface area contributed by atoms with Gasteiger partial charge in [-0.05, 0) is 57.2 Å². The molecule has 3 aromatic rings. The number of carbonyl (C=O) groups is 3. The predicted octanol–water partition coefficient (Wildman–Crippen LogP) is 2.85. The van der Waals surface area contributed by atoms with Crippen LogP contribution in [0.4, 0.5) is 10.2 Å². The maximum atomic E-state index is 13.4. The van der Waals surface area contributed by atoms with Gasteiger partial charge in [0.1, 0.15) is 29.7 Å². The Hall–Kier alpha value is -4.58. The first-order chi connectivity index (χ1) is 19.4. The number of halogens is 1. The average Bonchev–Trinajstić information content (AvgIpc) is 2.93. The first-order valence-corrected chi connectivity index (χ1v) is 13.2. The molecule has 11 nitrogen and oxygen atoms in total. The Bertz CT molecular complexity index is 1410. The minimum Gasteiger partial charge on any atom is -0.618 e. The highest BCUT2D eigenvalue weighted by atomic mass is 19.1. The zero-order valence-electron chi connectivity index (χ0n) is 23.4. The Morgan fingerprint density at radius 2 is 1.83 bits per heavy atom. The van der Waals surface area contributed by atoms with Crippen LogP contribution < -0.4 is 20.1 Å². The second-order valence-electron chi connectivity index (χ2n) is 10.5. The van der Waals surface area contributed by atoms with Crippen LogP contribution in [-0.4, -0.2) is 63.7 Å². The number of piperazine rings is 1. The second-order valence-corrected chi connectivity index (χ2v) is 10.5. The van der Waals surface area contributed by atoms with Crippen LogP contribution in [0.5, 0.6) is 11.5 Å². The van der Waals surface area contributed by atoms with Crippen LogP contribution in [0.25, 0.3) is 0 Å². The van der Waals surface area contributed by atoms with Gasteiger partial charge in [0.2, 0.25) is 17.5 Å². The van der Waals surface area contributed by atoms with Crippen LogP contribution in [0.15, 0.2) is 60.9 Å². The Morgan fingerprint density at radius 3 is 2.46 bits per heavy atom. The van der Waals surface area contributed by atoms with Crippen molar-refractivity contribution in [1.82, 2.24) is 20.1 Å². The maximum absolute atomic E-state index is 13.4. The third-order valence-electron chi connectivity index (χ3n) is 6.90. The van der Waals surface area contributed by atoms with Gasteiger partial charge in [-0.3, -0.25) is 19.3 Å². The summed E-state index contributed by atoms with van der Waals surface area (Å²) in [5, 5.41) is 17.5. The summed E-state index contributed by atoms with van der Waals surface area (Å²) in [7, 11) is 0. The molecule has 0 aliphatic carbocycles. The fourth-order valence-electron chi connectivity index (χ4n) is 4.62. The van der Waals surface area contributed by atoms with Gasteiger partial charge in [-0.2, -0.15) is 4.73 Å². The summed E-state index contributed by atoms with van der Waals surface area (Å²) in [5.74, 6) is 0.148. The van der Waals surface area contributed by atoms with E-state index in [-0.39, 0.29) is 35.8 Å². The van der Waals surface area contributed by atoms with Crippen molar-refractivity contribution in [3.63, 3.8) is 0 Å². The molecule has 0 radical (unpaired) electrons. The van der Waals surface area contributed by atoms with Gasteiger partial charge < -0.3 is 25.5 Å². The number of hydrogen-bond acceptors (Lipinski definition) is 7. The molecule has 1 saturated heterocycles. The number of nitrogens with zero attached hydrogens (tertiary/aromatic N) is 4. The summed E-state index contributed by atoms with van der Waals surface area (Å²) in [6.07, 6.45) is 2.73. The quantitative estimate of drug-likeness (QED) is 0.318. The summed E-state index contributed by atoms with van der Waals surface area (Å²) >= 11 is 0. The van der Waals surface area contributed by atoms with Crippen LogP contribution in [0.3, 0.4) is 0 Å². The van der Waals surface area contributed by atoms with Crippen LogP contribution in [-0.2, 0) is 16.1 Å². The molecule has 216 valence electrons. The molecular weight excluding hydrogens is 531 g/mol. The predicted molar refractivity (Wildman–Crippen MR) is 148 cm³/mol. The van der Waals surface area contributed by atoms with Crippen molar-refractivity contribution < 1.29 is 28.2 Å². The van der Waals surface area contributed by atoms with Gasteiger partial charge in [-0.15, -0.1) is 0 Å². The van der Waals surface area contributed by atoms with E-state index in [1.54, 1.807) is 24.0 Å². The summed E-state index contributed by atoms with van der Waals surface area (Å²) in [6.45, 7) is 8.32. The lowest BCUT2D eigenvalue weighted by Gasteiger charge is -2.48. The molecular formula is C29H33FN6O5. The van der Waals surface area contributed by atoms with E-state index < -0.39 is 11.6 Å². The van der Waals surface area contributed by atoms with Crippen LogP contribution in [0, 0.1) is 11.0 Å². The molecule has 4 rings (SSSR count). The SMILES string of the molecule is CC(=O)NCc1cc(C(=O)N2CCN([C@@H](C)C(=O)Nc3ccc(Oc4ccc(F)cc4)cn3)CC2(C)C)cc[n+]1[O-]. The molecule has 1 aliphatic heterocycles. The Labute approximate surface area is 237 Å². The average molecular weight is 565 g/mol. The van der Waals surface area contributed by atoms with E-state index in [1.807, 2.05) is 18.7 Å². The molecule has 0 bridgehead atoms. The lowest BCUT2D eigenvalue weighted by atomic mass is 9.96. The van der Waals surface area contributed by atoms with E-state index in [0.717, 1.165) is 0 Å². The van der Waals surface area contributed by atoms with Crippen molar-refractivity contribution in [3.8, 4) is 11.5 Å². The molecule has 1 aliphatic rings. The third kappa shape index (κ3) is 7.34. The van der Waals surface area contributed by atoms with Gasteiger partial charge in [0.05, 0.1) is 23.3 Å². The number of hydrogen-bond donors (Lipinski definition) is 2. The number of rotatable bonds is 8. The first kappa shape index (κ1) is 29.4. The van der Waals surface area contributed by atoms with Gasteiger partial charge >= 0.3 is 0 Å². The molecule has 1 fully saturated rings. The van der Waals surface area contributed by atoms with Crippen molar-refractivity contribution in [3.05, 3.63) is 83.2 Å². The molecule has 3 amide bonds. The maximum Gasteiger partial charge on any atom is 0.254 e. The minimum absolute atomic E-state index is 0.0165. The van der Waals surface area contributed by atoms with Gasteiger partial charge in [0.25, 0.3) is 5.91 Å². The third-order valence-corrected chi connectivity index (χ3v) is 6.90. The highest BCUT2D eigenvalue weighted by Gasteiger charge is 2.40. The molecule has 2 aromatic heterocycles. The molecule has 0 saturated carbocycles. The lowest BCUT2D eigenvalue weighted by molar-refractivity contribution is -0.614. The Morgan fingerprint density at radius 1 is 1.12 bits per heavy atom. The molecule has 1 atom stereocenters. The molecule has 3 heterocycles. The Kier molecular flexibility index (Phi) is 8.82. The fraction of sp³-hybridized carbons (Fsp3) is 0.345. The van der Waals surface area contributed by atoms with Gasteiger partial charge in [0.15, 0.2) is 6.20 Å². The highest BCUT2D eigenvalue weighted by molar-refractivity contribution is 5.95. The zero-order chi connectivity index (χ0) is 29.7. The number of amides is 3. The minimum atomic E-state index is -0.609. The number of nitrogens with one attached hydrogen (secondary N) is 2. The molecule has 1 aromatic carbocycles. The van der Waals surface area contributed by atoms with Crippen molar-refractivity contribution >= 4 is 23.5 Å².